The minimum absolute atomic E-state index is 0. The fraction of sp³-hybridized carbons (Fsp3) is 0. The molecule has 192 valence electrons. The second kappa shape index (κ2) is 34.2. The molecule has 0 fully saturated rings. The van der Waals surface area contributed by atoms with E-state index in [0.29, 0.717) is 0 Å². The van der Waals surface area contributed by atoms with Crippen LogP contribution in [0.25, 0.3) is 0 Å². The number of hydrogen-bond donors (Lipinski definition) is 13. The van der Waals surface area contributed by atoms with Crippen molar-refractivity contribution in [2.75, 3.05) is 0 Å². The predicted molar refractivity (Wildman–Crippen MR) is 74.5 cm³/mol. The van der Waals surface area contributed by atoms with Crippen LogP contribution in [0.5, 0.6) is 0 Å². The SMILES string of the molecule is O=P(O)(O)O.O=P(O)(O)O.O=P(O)(O)O.O=P([O-])(O)O.O=P([O-])(O)O.O=P([O-])([O-])[O-].[Na+].[Na+].[Na+].[Na+].[Na+]. The van der Waals surface area contributed by atoms with Crippen molar-refractivity contribution in [1.29, 1.82) is 0 Å². The van der Waals surface area contributed by atoms with E-state index in [2.05, 4.69) is 0 Å². The van der Waals surface area contributed by atoms with Crippen LogP contribution in [0.2, 0.25) is 0 Å². The third-order valence-electron chi connectivity index (χ3n) is 0. The molecule has 0 aliphatic heterocycles. The van der Waals surface area contributed by atoms with Crippen molar-refractivity contribution in [3.63, 3.8) is 0 Å². The average Bonchev–Trinajstić information content (AvgIpc) is 1.94. The van der Waals surface area contributed by atoms with Crippen LogP contribution >= 0.6 is 46.9 Å². The Bertz CT molecular complexity index is 475. The van der Waals surface area contributed by atoms with Crippen molar-refractivity contribution in [2.24, 2.45) is 0 Å². The van der Waals surface area contributed by atoms with Gasteiger partial charge in [-0.15, -0.1) is 0 Å². The van der Waals surface area contributed by atoms with Crippen molar-refractivity contribution < 1.29 is 263 Å². The predicted octanol–water partition coefficient (Wildman–Crippen LogP) is -23.7. The van der Waals surface area contributed by atoms with Crippen LogP contribution in [0, 0.1) is 0 Å². The second-order valence-corrected chi connectivity index (χ2v) is 8.90. The monoisotopic (exact) mass is 698 g/mol. The fourth-order valence-electron chi connectivity index (χ4n) is 0. The molecule has 35 heavy (non-hydrogen) atoms. The molecule has 0 atom stereocenters. The summed E-state index contributed by atoms with van der Waals surface area (Å²) in [5.74, 6) is 0. The number of rotatable bonds is 0. The summed E-state index contributed by atoms with van der Waals surface area (Å²) in [7, 11) is -29.1. The molecular weight excluding hydrogens is 685 g/mol. The van der Waals surface area contributed by atoms with Gasteiger partial charge < -0.3 is 92.6 Å². The van der Waals surface area contributed by atoms with Crippen LogP contribution in [0.3, 0.4) is 0 Å². The molecule has 0 aromatic carbocycles. The van der Waals surface area contributed by atoms with Gasteiger partial charge in [0, 0.05) is 0 Å². The second-order valence-electron chi connectivity index (χ2n) is 2.97. The van der Waals surface area contributed by atoms with E-state index >= 15 is 0 Å². The van der Waals surface area contributed by atoms with Crippen LogP contribution in [0.1, 0.15) is 0 Å². The van der Waals surface area contributed by atoms with E-state index in [1.54, 1.807) is 0 Å². The van der Waals surface area contributed by atoms with Gasteiger partial charge in [0.25, 0.3) is 15.6 Å². The van der Waals surface area contributed by atoms with Gasteiger partial charge in [-0.1, -0.05) is 0 Å². The molecule has 0 unspecified atom stereocenters. The summed E-state index contributed by atoms with van der Waals surface area (Å²) < 4.78 is 52.7. The van der Waals surface area contributed by atoms with Crippen LogP contribution in [-0.2, 0) is 27.4 Å². The van der Waals surface area contributed by atoms with Crippen LogP contribution < -0.4 is 172 Å². The van der Waals surface area contributed by atoms with E-state index in [1.807, 2.05) is 0 Å². The third-order valence-corrected chi connectivity index (χ3v) is 0. The van der Waals surface area contributed by atoms with Gasteiger partial charge in [0.15, 0.2) is 0 Å². The standard InChI is InChI=1S/5Na.6H3O4P/c;;;;;6*1-5(2,3)4/h;;;;;6*(H3,1,2,3,4)/q5*+1;;;;;;/p-5. The molecule has 0 amide bonds. The zero-order valence-electron chi connectivity index (χ0n) is 18.0. The van der Waals surface area contributed by atoms with Crippen LogP contribution in [0.15, 0.2) is 0 Å². The van der Waals surface area contributed by atoms with E-state index in [1.165, 1.54) is 0 Å². The minimum Gasteiger partial charge on any atom is -0.822 e. The molecule has 0 radical (unpaired) electrons. The minimum atomic E-state index is -5.39. The first-order valence-electron chi connectivity index (χ1n) is 4.61. The first-order valence-corrected chi connectivity index (χ1v) is 13.8. The molecule has 0 bridgehead atoms. The van der Waals surface area contributed by atoms with Gasteiger partial charge >= 0.3 is 171 Å². The smallest absolute Gasteiger partial charge is 0.822 e. The van der Waals surface area contributed by atoms with Gasteiger partial charge in [-0.3, -0.25) is 9.13 Å². The molecule has 0 aliphatic rings. The summed E-state index contributed by atoms with van der Waals surface area (Å²) >= 11 is 0. The number of phosphoric acid groups is 6. The van der Waals surface area contributed by atoms with Crippen molar-refractivity contribution in [3.05, 3.63) is 0 Å². The zero-order valence-corrected chi connectivity index (χ0v) is 33.4. The Kier molecular flexibility index (Phi) is 70.9. The molecule has 0 saturated heterocycles. The summed E-state index contributed by atoms with van der Waals surface area (Å²) in [6.45, 7) is 0. The molecule has 13 N–H and O–H groups in total. The maximum atomic E-state index is 8.88. The molecule has 24 nitrogen and oxygen atoms in total. The van der Waals surface area contributed by atoms with E-state index in [0.717, 1.165) is 0 Å². The normalized spacial score (nSPS) is 10.1. The van der Waals surface area contributed by atoms with E-state index in [-0.39, 0.29) is 148 Å². The average molecular weight is 698 g/mol. The Morgan fingerprint density at radius 1 is 0.314 bits per heavy atom. The summed E-state index contributed by atoms with van der Waals surface area (Å²) in [6, 6.07) is 0. The van der Waals surface area contributed by atoms with Gasteiger partial charge in [-0.2, -0.15) is 7.82 Å². The molecule has 0 saturated carbocycles. The summed E-state index contributed by atoms with van der Waals surface area (Å²) in [4.78, 5) is 136. The van der Waals surface area contributed by atoms with Crippen molar-refractivity contribution in [3.8, 4) is 0 Å². The maximum absolute atomic E-state index is 8.88. The van der Waals surface area contributed by atoms with E-state index in [9.17, 15) is 0 Å². The zero-order chi connectivity index (χ0) is 27.0. The fourth-order valence-corrected chi connectivity index (χ4v) is 0. The Morgan fingerprint density at radius 3 is 0.314 bits per heavy atom. The molecule has 0 spiro atoms. The molecule has 0 aromatic rings. The number of hydrogen-bond acceptors (Lipinski definition) is 11. The third kappa shape index (κ3) is 1760. The molecule has 0 heterocycles. The van der Waals surface area contributed by atoms with Crippen LogP contribution in [-0.4, -0.2) is 63.6 Å². The molecular formula is H13Na5O24P6. The van der Waals surface area contributed by atoms with E-state index in [4.69, 9.17) is 115 Å². The van der Waals surface area contributed by atoms with E-state index < -0.39 is 46.9 Å². The molecule has 0 aromatic heterocycles. The van der Waals surface area contributed by atoms with Crippen molar-refractivity contribution >= 4 is 46.9 Å². The largest absolute Gasteiger partial charge is 1.00 e. The summed E-state index contributed by atoms with van der Waals surface area (Å²) in [5.41, 5.74) is 0. The topological polar surface area (TPSA) is 481 Å². The Balaban J connectivity index is -0.0000000213. The quantitative estimate of drug-likeness (QED) is 0.0825. The Labute approximate surface area is 305 Å². The first kappa shape index (κ1) is 72.7. The Morgan fingerprint density at radius 2 is 0.314 bits per heavy atom. The van der Waals surface area contributed by atoms with Gasteiger partial charge in [-0.25, -0.2) is 13.7 Å². The van der Waals surface area contributed by atoms with Crippen molar-refractivity contribution in [2.45, 2.75) is 0 Å². The van der Waals surface area contributed by atoms with Crippen molar-refractivity contribution in [1.82, 2.24) is 0 Å². The first-order chi connectivity index (χ1) is 12.0. The van der Waals surface area contributed by atoms with Gasteiger partial charge in [0.2, 0.25) is 0 Å². The molecule has 35 heteroatoms. The van der Waals surface area contributed by atoms with Gasteiger partial charge in [0.1, 0.15) is 0 Å². The summed E-state index contributed by atoms with van der Waals surface area (Å²) in [5, 5.41) is 0. The van der Waals surface area contributed by atoms with Gasteiger partial charge in [0.05, 0.1) is 0 Å². The van der Waals surface area contributed by atoms with Gasteiger partial charge in [-0.05, 0) is 0 Å². The molecule has 0 rings (SSSR count). The summed E-state index contributed by atoms with van der Waals surface area (Å²) in [6.07, 6.45) is 0. The maximum Gasteiger partial charge on any atom is 1.00 e. The molecule has 0 aliphatic carbocycles. The Hall–Kier alpha value is 5.66. The van der Waals surface area contributed by atoms with Crippen LogP contribution in [0.4, 0.5) is 0 Å².